The first-order valence-corrected chi connectivity index (χ1v) is 34.4. The Morgan fingerprint density at radius 2 is 0.645 bits per heavy atom. The number of benzene rings is 12. The van der Waals surface area contributed by atoms with Crippen molar-refractivity contribution in [2.45, 2.75) is 134 Å². The van der Waals surface area contributed by atoms with Crippen molar-refractivity contribution in [1.29, 1.82) is 0 Å². The number of nitrogens with zero attached hydrogens (tertiary/aromatic N) is 2. The maximum Gasteiger partial charge on any atom is 0.159 e. The summed E-state index contributed by atoms with van der Waals surface area (Å²) in [7, 11) is 0. The standard InChI is InChI=1S/C89H80N2O2/c1-87(2,3)59-47-51-63(52-48-59)90(77-45-25-43-73-71-41-23-39-65(83(71)92-85(73)77)57-27-11-7-12-28-57)79-55-75-81(69-37-21-19-35-67(69)79)82-70-38-22-20-36-68(70)80(56-76(82)89(75,61-31-15-9-16-32-61)62-33-17-10-18-34-62)91(64-53-49-60(50-54-64)88(4,5)6)78-46-26-44-74-72-42-24-40-66(84(72)93-86(74)78)58-29-13-8-14-30-58/h9-10,15-26,31-58H,7-8,11-14,27-30H2,1-6H3. The molecule has 3 aliphatic carbocycles. The molecule has 0 spiro atoms. The van der Waals surface area contributed by atoms with E-state index in [0.29, 0.717) is 11.8 Å². The second-order valence-corrected chi connectivity index (χ2v) is 29.1. The summed E-state index contributed by atoms with van der Waals surface area (Å²) in [5, 5.41) is 9.35. The molecule has 0 radical (unpaired) electrons. The van der Waals surface area contributed by atoms with Gasteiger partial charge in [0, 0.05) is 43.7 Å². The van der Waals surface area contributed by atoms with Crippen LogP contribution in [0.3, 0.4) is 0 Å². The van der Waals surface area contributed by atoms with Gasteiger partial charge in [0.15, 0.2) is 11.2 Å². The van der Waals surface area contributed by atoms with E-state index in [0.717, 1.165) is 78.0 Å². The molecule has 93 heavy (non-hydrogen) atoms. The van der Waals surface area contributed by atoms with Gasteiger partial charge in [-0.1, -0.05) is 274 Å². The summed E-state index contributed by atoms with van der Waals surface area (Å²) in [6.07, 6.45) is 12.4. The van der Waals surface area contributed by atoms with Crippen LogP contribution in [0.1, 0.15) is 162 Å². The van der Waals surface area contributed by atoms with Crippen molar-refractivity contribution in [3.8, 4) is 11.1 Å². The van der Waals surface area contributed by atoms with Gasteiger partial charge in [-0.25, -0.2) is 0 Å². The van der Waals surface area contributed by atoms with E-state index < -0.39 is 5.41 Å². The largest absolute Gasteiger partial charge is 0.454 e. The van der Waals surface area contributed by atoms with E-state index in [9.17, 15) is 0 Å². The third-order valence-electron chi connectivity index (χ3n) is 21.6. The van der Waals surface area contributed by atoms with Gasteiger partial charge in [0.25, 0.3) is 0 Å². The number of furan rings is 2. The average Bonchev–Trinajstić information content (AvgIpc) is 1.53. The Balaban J connectivity index is 0.977. The molecular formula is C89H80N2O2. The van der Waals surface area contributed by atoms with E-state index in [4.69, 9.17) is 8.83 Å². The minimum Gasteiger partial charge on any atom is -0.454 e. The number of hydrogen-bond donors (Lipinski definition) is 0. The van der Waals surface area contributed by atoms with E-state index in [1.165, 1.54) is 141 Å². The highest BCUT2D eigenvalue weighted by atomic mass is 16.3. The number of anilines is 6. The SMILES string of the molecule is CC(C)(C)c1ccc(N(c2cc3c(c4ccccc24)-c2c(cc(N(c4ccc(C(C)(C)C)cc4)c4cccc5c4oc4c(C6CCCCC6)cccc45)c4ccccc24)C3(c2ccccc2)c2ccccc2)c2cccc3c2oc2c(C4CCCCC4)cccc23)cc1. The van der Waals surface area contributed by atoms with Crippen LogP contribution in [-0.2, 0) is 16.2 Å². The molecule has 0 amide bonds. The van der Waals surface area contributed by atoms with Gasteiger partial charge < -0.3 is 18.6 Å². The zero-order chi connectivity index (χ0) is 62.7. The highest BCUT2D eigenvalue weighted by Crippen LogP contribution is 2.63. The van der Waals surface area contributed by atoms with Gasteiger partial charge >= 0.3 is 0 Å². The molecule has 458 valence electrons. The summed E-state index contributed by atoms with van der Waals surface area (Å²) >= 11 is 0. The lowest BCUT2D eigenvalue weighted by Crippen LogP contribution is -2.29. The van der Waals surface area contributed by atoms with Crippen LogP contribution in [0.15, 0.2) is 251 Å². The van der Waals surface area contributed by atoms with Crippen molar-refractivity contribution in [2.24, 2.45) is 0 Å². The van der Waals surface area contributed by atoms with Gasteiger partial charge in [0.05, 0.1) is 28.2 Å². The summed E-state index contributed by atoms with van der Waals surface area (Å²) in [5.74, 6) is 0.962. The molecule has 17 rings (SSSR count). The Morgan fingerprint density at radius 3 is 1.02 bits per heavy atom. The van der Waals surface area contributed by atoms with Crippen molar-refractivity contribution in [1.82, 2.24) is 0 Å². The van der Waals surface area contributed by atoms with Gasteiger partial charge in [0.1, 0.15) is 11.2 Å². The third-order valence-corrected chi connectivity index (χ3v) is 21.6. The molecule has 4 nitrogen and oxygen atoms in total. The number of fused-ring (bicyclic) bond motifs is 13. The predicted molar refractivity (Wildman–Crippen MR) is 392 cm³/mol. The summed E-state index contributed by atoms with van der Waals surface area (Å²) in [6, 6.07) is 92.5. The predicted octanol–water partition coefficient (Wildman–Crippen LogP) is 25.8. The molecule has 4 heteroatoms. The van der Waals surface area contributed by atoms with Gasteiger partial charge in [-0.2, -0.15) is 0 Å². The molecule has 2 aromatic heterocycles. The summed E-state index contributed by atoms with van der Waals surface area (Å²) < 4.78 is 15.0. The summed E-state index contributed by atoms with van der Waals surface area (Å²) in [6.45, 7) is 13.8. The minimum absolute atomic E-state index is 0.0433. The highest BCUT2D eigenvalue weighted by Gasteiger charge is 2.49. The fraction of sp³-hybridized carbons (Fsp3) is 0.236. The second kappa shape index (κ2) is 22.3. The fourth-order valence-corrected chi connectivity index (χ4v) is 17.0. The molecule has 0 saturated heterocycles. The van der Waals surface area contributed by atoms with Crippen LogP contribution in [0.5, 0.6) is 0 Å². The van der Waals surface area contributed by atoms with E-state index in [1.54, 1.807) is 0 Å². The molecule has 2 fully saturated rings. The molecule has 14 aromatic rings. The molecule has 0 atom stereocenters. The van der Waals surface area contributed by atoms with Crippen LogP contribution in [0.25, 0.3) is 76.5 Å². The molecule has 0 aliphatic heterocycles. The van der Waals surface area contributed by atoms with Crippen molar-refractivity contribution >= 4 is 99.5 Å². The van der Waals surface area contributed by atoms with Crippen molar-refractivity contribution in [3.05, 3.63) is 287 Å². The lowest BCUT2D eigenvalue weighted by Gasteiger charge is -2.36. The third kappa shape index (κ3) is 9.21. The monoisotopic (exact) mass is 1210 g/mol. The zero-order valence-electron chi connectivity index (χ0n) is 54.5. The van der Waals surface area contributed by atoms with Crippen LogP contribution in [-0.4, -0.2) is 0 Å². The van der Waals surface area contributed by atoms with E-state index in [2.05, 4.69) is 294 Å². The van der Waals surface area contributed by atoms with Gasteiger partial charge in [0.2, 0.25) is 0 Å². The van der Waals surface area contributed by atoms with Gasteiger partial charge in [-0.15, -0.1) is 0 Å². The molecule has 0 unspecified atom stereocenters. The molecule has 0 N–H and O–H groups in total. The number of para-hydroxylation sites is 4. The Hall–Kier alpha value is -9.64. The van der Waals surface area contributed by atoms with Gasteiger partial charge in [-0.3, -0.25) is 0 Å². The summed E-state index contributed by atoms with van der Waals surface area (Å²) in [5.41, 5.74) is 21.9. The minimum atomic E-state index is -0.838. The molecule has 3 aliphatic rings. The first kappa shape index (κ1) is 57.3. The lowest BCUT2D eigenvalue weighted by molar-refractivity contribution is 0.442. The summed E-state index contributed by atoms with van der Waals surface area (Å²) in [4.78, 5) is 5.06. The van der Waals surface area contributed by atoms with E-state index >= 15 is 0 Å². The van der Waals surface area contributed by atoms with E-state index in [1.807, 2.05) is 0 Å². The first-order chi connectivity index (χ1) is 45.4. The van der Waals surface area contributed by atoms with Gasteiger partial charge in [-0.05, 0) is 163 Å². The molecule has 2 heterocycles. The topological polar surface area (TPSA) is 32.8 Å². The maximum atomic E-state index is 7.51. The zero-order valence-corrected chi connectivity index (χ0v) is 54.5. The normalized spacial score (nSPS) is 15.4. The van der Waals surface area contributed by atoms with Crippen molar-refractivity contribution in [3.63, 3.8) is 0 Å². The average molecular weight is 1210 g/mol. The highest BCUT2D eigenvalue weighted by molar-refractivity contribution is 6.20. The van der Waals surface area contributed by atoms with Crippen molar-refractivity contribution < 1.29 is 8.83 Å². The van der Waals surface area contributed by atoms with Crippen LogP contribution in [0, 0.1) is 0 Å². The molecular weight excluding hydrogens is 1130 g/mol. The van der Waals surface area contributed by atoms with Crippen LogP contribution >= 0.6 is 0 Å². The first-order valence-electron chi connectivity index (χ1n) is 34.4. The Labute approximate surface area is 547 Å². The Morgan fingerprint density at radius 1 is 0.312 bits per heavy atom. The van der Waals surface area contributed by atoms with Crippen LogP contribution < -0.4 is 9.80 Å². The maximum absolute atomic E-state index is 7.51. The second-order valence-electron chi connectivity index (χ2n) is 29.1. The Kier molecular flexibility index (Phi) is 13.7. The Bertz CT molecular complexity index is 4850. The smallest absolute Gasteiger partial charge is 0.159 e. The number of rotatable bonds is 10. The van der Waals surface area contributed by atoms with Crippen LogP contribution in [0.2, 0.25) is 0 Å². The van der Waals surface area contributed by atoms with Crippen molar-refractivity contribution in [2.75, 3.05) is 9.80 Å². The molecule has 0 bridgehead atoms. The quantitative estimate of drug-likeness (QED) is 0.137. The molecule has 12 aromatic carbocycles. The fourth-order valence-electron chi connectivity index (χ4n) is 17.0. The van der Waals surface area contributed by atoms with Crippen LogP contribution in [0.4, 0.5) is 34.1 Å². The lowest BCUT2D eigenvalue weighted by atomic mass is 9.67. The molecule has 2 saturated carbocycles. The number of hydrogen-bond acceptors (Lipinski definition) is 4. The van der Waals surface area contributed by atoms with E-state index in [-0.39, 0.29) is 10.8 Å².